The lowest BCUT2D eigenvalue weighted by Crippen LogP contribution is -2.30. The molecule has 4 rings (SSSR count). The summed E-state index contributed by atoms with van der Waals surface area (Å²) in [6.45, 7) is 3.68. The van der Waals surface area contributed by atoms with Crippen molar-refractivity contribution in [3.63, 3.8) is 0 Å². The molecule has 2 aliphatic rings. The third-order valence-electron chi connectivity index (χ3n) is 5.09. The van der Waals surface area contributed by atoms with Gasteiger partial charge in [-0.05, 0) is 78.5 Å². The van der Waals surface area contributed by atoms with Crippen LogP contribution in [0.25, 0.3) is 0 Å². The fourth-order valence-corrected chi connectivity index (χ4v) is 4.84. The number of carbonyl (C=O) groups is 1. The molecule has 2 aromatic rings. The maximum atomic E-state index is 12.3. The number of hydrogen-bond donors (Lipinski definition) is 1. The Morgan fingerprint density at radius 1 is 1.20 bits per heavy atom. The first-order valence-corrected chi connectivity index (χ1v) is 10.00. The largest absolute Gasteiger partial charge is 0.350 e. The molecule has 134 valence electrons. The molecule has 0 spiro atoms. The van der Waals surface area contributed by atoms with Gasteiger partial charge in [0, 0.05) is 11.4 Å². The van der Waals surface area contributed by atoms with Crippen molar-refractivity contribution in [2.45, 2.75) is 58.2 Å². The van der Waals surface area contributed by atoms with Gasteiger partial charge in [-0.1, -0.05) is 0 Å². The quantitative estimate of drug-likeness (QED) is 0.845. The molecule has 25 heavy (non-hydrogen) atoms. The summed E-state index contributed by atoms with van der Waals surface area (Å²) >= 11 is 1.83. The second-order valence-electron chi connectivity index (χ2n) is 6.88. The molecule has 8 heteroatoms. The van der Waals surface area contributed by atoms with E-state index in [0.29, 0.717) is 6.54 Å². The van der Waals surface area contributed by atoms with E-state index in [-0.39, 0.29) is 12.5 Å². The molecule has 7 nitrogen and oxygen atoms in total. The molecule has 0 radical (unpaired) electrons. The molecule has 3 heterocycles. The standard InChI is InChI=1S/C17H24N6OS/c24-17(18-9-13-12-25-15-6-2-1-5-14(13)15)11-23-16(19-20-21-23)10-22-7-3-4-8-22/h12H,1-11H2,(H,18,24). The Balaban J connectivity index is 1.32. The third kappa shape index (κ3) is 3.90. The van der Waals surface area contributed by atoms with Crippen LogP contribution in [0.1, 0.15) is 47.5 Å². The Morgan fingerprint density at radius 3 is 2.92 bits per heavy atom. The fraction of sp³-hybridized carbons (Fsp3) is 0.647. The summed E-state index contributed by atoms with van der Waals surface area (Å²) in [5, 5.41) is 17.0. The van der Waals surface area contributed by atoms with Crippen LogP contribution in [-0.2, 0) is 37.3 Å². The SMILES string of the molecule is O=C(Cn1nnnc1CN1CCCC1)NCc1csc2c1CCCC2. The lowest BCUT2D eigenvalue weighted by Gasteiger charge is -2.14. The van der Waals surface area contributed by atoms with Gasteiger partial charge in [0.15, 0.2) is 5.82 Å². The highest BCUT2D eigenvalue weighted by molar-refractivity contribution is 7.10. The maximum Gasteiger partial charge on any atom is 0.242 e. The number of amides is 1. The van der Waals surface area contributed by atoms with Gasteiger partial charge in [-0.2, -0.15) is 0 Å². The van der Waals surface area contributed by atoms with Crippen LogP contribution in [0.15, 0.2) is 5.38 Å². The summed E-state index contributed by atoms with van der Waals surface area (Å²) in [6, 6.07) is 0. The first-order chi connectivity index (χ1) is 12.3. The van der Waals surface area contributed by atoms with Gasteiger partial charge in [-0.15, -0.1) is 16.4 Å². The molecule has 1 saturated heterocycles. The molecule has 0 bridgehead atoms. The Morgan fingerprint density at radius 2 is 2.04 bits per heavy atom. The number of carbonyl (C=O) groups excluding carboxylic acids is 1. The average Bonchev–Trinajstić information content (AvgIpc) is 3.36. The van der Waals surface area contributed by atoms with Crippen LogP contribution in [0, 0.1) is 0 Å². The van der Waals surface area contributed by atoms with E-state index in [0.717, 1.165) is 31.9 Å². The van der Waals surface area contributed by atoms with E-state index in [1.54, 1.807) is 4.68 Å². The van der Waals surface area contributed by atoms with Crippen LogP contribution in [0.4, 0.5) is 0 Å². The van der Waals surface area contributed by atoms with Gasteiger partial charge in [0.1, 0.15) is 6.54 Å². The van der Waals surface area contributed by atoms with E-state index in [4.69, 9.17) is 0 Å². The first kappa shape index (κ1) is 16.7. The van der Waals surface area contributed by atoms with Crippen molar-refractivity contribution in [1.82, 2.24) is 30.4 Å². The number of thiophene rings is 1. The van der Waals surface area contributed by atoms with Gasteiger partial charge in [-0.25, -0.2) is 4.68 Å². The predicted molar refractivity (Wildman–Crippen MR) is 95.1 cm³/mol. The molecule has 0 atom stereocenters. The van der Waals surface area contributed by atoms with Gasteiger partial charge in [-0.3, -0.25) is 9.69 Å². The second kappa shape index (κ2) is 7.61. The minimum atomic E-state index is -0.0364. The van der Waals surface area contributed by atoms with Crippen LogP contribution < -0.4 is 5.32 Å². The number of aryl methyl sites for hydroxylation is 1. The minimum Gasteiger partial charge on any atom is -0.350 e. The van der Waals surface area contributed by atoms with Crippen molar-refractivity contribution >= 4 is 17.2 Å². The number of fused-ring (bicyclic) bond motifs is 1. The van der Waals surface area contributed by atoms with Gasteiger partial charge in [0.25, 0.3) is 0 Å². The molecule has 0 saturated carbocycles. The maximum absolute atomic E-state index is 12.3. The second-order valence-corrected chi connectivity index (χ2v) is 7.85. The molecule has 1 N–H and O–H groups in total. The van der Waals surface area contributed by atoms with Gasteiger partial charge < -0.3 is 5.32 Å². The van der Waals surface area contributed by atoms with Crippen molar-refractivity contribution in [2.24, 2.45) is 0 Å². The average molecular weight is 360 g/mol. The summed E-state index contributed by atoms with van der Waals surface area (Å²) in [7, 11) is 0. The van der Waals surface area contributed by atoms with E-state index >= 15 is 0 Å². The van der Waals surface area contributed by atoms with Crippen LogP contribution in [0.5, 0.6) is 0 Å². The van der Waals surface area contributed by atoms with Crippen molar-refractivity contribution in [3.8, 4) is 0 Å². The smallest absolute Gasteiger partial charge is 0.242 e. The minimum absolute atomic E-state index is 0.0364. The zero-order chi connectivity index (χ0) is 17.1. The summed E-state index contributed by atoms with van der Waals surface area (Å²) in [4.78, 5) is 16.2. The van der Waals surface area contributed by atoms with Crippen LogP contribution in [-0.4, -0.2) is 44.1 Å². The normalized spacial score (nSPS) is 17.6. The van der Waals surface area contributed by atoms with Crippen molar-refractivity contribution in [3.05, 3.63) is 27.2 Å². The fourth-order valence-electron chi connectivity index (χ4n) is 3.69. The van der Waals surface area contributed by atoms with Crippen molar-refractivity contribution < 1.29 is 4.79 Å². The zero-order valence-corrected chi connectivity index (χ0v) is 15.2. The molecular formula is C17H24N6OS. The van der Waals surface area contributed by atoms with Crippen LogP contribution in [0.2, 0.25) is 0 Å². The first-order valence-electron chi connectivity index (χ1n) is 9.12. The zero-order valence-electron chi connectivity index (χ0n) is 14.4. The highest BCUT2D eigenvalue weighted by Crippen LogP contribution is 2.30. The molecule has 1 fully saturated rings. The Kier molecular flexibility index (Phi) is 5.07. The van der Waals surface area contributed by atoms with E-state index in [2.05, 4.69) is 31.1 Å². The van der Waals surface area contributed by atoms with E-state index in [9.17, 15) is 4.79 Å². The number of hydrogen-bond acceptors (Lipinski definition) is 6. The van der Waals surface area contributed by atoms with Crippen molar-refractivity contribution in [2.75, 3.05) is 13.1 Å². The van der Waals surface area contributed by atoms with E-state index in [1.807, 2.05) is 11.3 Å². The van der Waals surface area contributed by atoms with E-state index < -0.39 is 0 Å². The monoisotopic (exact) mass is 360 g/mol. The third-order valence-corrected chi connectivity index (χ3v) is 6.22. The lowest BCUT2D eigenvalue weighted by molar-refractivity contribution is -0.122. The summed E-state index contributed by atoms with van der Waals surface area (Å²) < 4.78 is 1.62. The molecule has 2 aromatic heterocycles. The number of aromatic nitrogens is 4. The van der Waals surface area contributed by atoms with Gasteiger partial charge in [0.2, 0.25) is 5.91 Å². The summed E-state index contributed by atoms with van der Waals surface area (Å²) in [5.74, 6) is 0.732. The number of nitrogens with one attached hydrogen (secondary N) is 1. The van der Waals surface area contributed by atoms with Gasteiger partial charge in [0.05, 0.1) is 6.54 Å². The van der Waals surface area contributed by atoms with Crippen LogP contribution in [0.3, 0.4) is 0 Å². The predicted octanol–water partition coefficient (Wildman–Crippen LogP) is 1.53. The number of likely N-dealkylation sites (tertiary alicyclic amines) is 1. The van der Waals surface area contributed by atoms with Crippen molar-refractivity contribution in [1.29, 1.82) is 0 Å². The Labute approximate surface area is 151 Å². The molecule has 1 aliphatic carbocycles. The van der Waals surface area contributed by atoms with E-state index in [1.165, 1.54) is 48.1 Å². The highest BCUT2D eigenvalue weighted by atomic mass is 32.1. The topological polar surface area (TPSA) is 75.9 Å². The van der Waals surface area contributed by atoms with Gasteiger partial charge >= 0.3 is 0 Å². The number of nitrogens with zero attached hydrogens (tertiary/aromatic N) is 5. The highest BCUT2D eigenvalue weighted by Gasteiger charge is 2.18. The molecule has 1 amide bonds. The number of tetrazole rings is 1. The lowest BCUT2D eigenvalue weighted by atomic mass is 9.96. The molecule has 0 aromatic carbocycles. The summed E-state index contributed by atoms with van der Waals surface area (Å²) in [6.07, 6.45) is 7.35. The molecule has 1 aliphatic heterocycles. The summed E-state index contributed by atoms with van der Waals surface area (Å²) in [5.41, 5.74) is 2.75. The number of rotatable bonds is 6. The molecular weight excluding hydrogens is 336 g/mol. The van der Waals surface area contributed by atoms with Crippen LogP contribution >= 0.6 is 11.3 Å². The molecule has 0 unspecified atom stereocenters. The Hall–Kier alpha value is -1.80. The Bertz CT molecular complexity index is 733.